The highest BCUT2D eigenvalue weighted by Gasteiger charge is 2.36. The highest BCUT2D eigenvalue weighted by atomic mass is 32.2. The van der Waals surface area contributed by atoms with Crippen LogP contribution in [0.1, 0.15) is 5.56 Å². The molecule has 0 spiro atoms. The molecule has 0 radical (unpaired) electrons. The Morgan fingerprint density at radius 2 is 1.83 bits per heavy atom. The Labute approximate surface area is 209 Å². The van der Waals surface area contributed by atoms with Crippen LogP contribution in [0.25, 0.3) is 6.08 Å². The van der Waals surface area contributed by atoms with E-state index >= 15 is 0 Å². The van der Waals surface area contributed by atoms with Crippen LogP contribution in [0.3, 0.4) is 0 Å². The molecule has 0 saturated carbocycles. The summed E-state index contributed by atoms with van der Waals surface area (Å²) in [5.74, 6) is -0.347. The number of nitro groups is 1. The maximum atomic E-state index is 12.8. The number of nitrogens with zero attached hydrogens (tertiary/aromatic N) is 2. The average Bonchev–Trinajstić information content (AvgIpc) is 3.16. The lowest BCUT2D eigenvalue weighted by Crippen LogP contribution is -2.27. The molecule has 1 fully saturated rings. The van der Waals surface area contributed by atoms with Gasteiger partial charge < -0.3 is 14.8 Å². The summed E-state index contributed by atoms with van der Waals surface area (Å²) in [7, 11) is 1.43. The normalized spacial score (nSPS) is 14.1. The highest BCUT2D eigenvalue weighted by molar-refractivity contribution is 8.19. The second-order valence-electron chi connectivity index (χ2n) is 7.41. The minimum Gasteiger partial charge on any atom is -0.493 e. The Morgan fingerprint density at radius 1 is 1.06 bits per heavy atom. The molecule has 3 amide bonds. The van der Waals surface area contributed by atoms with E-state index in [9.17, 15) is 24.5 Å². The van der Waals surface area contributed by atoms with E-state index in [1.165, 1.54) is 31.4 Å². The Kier molecular flexibility index (Phi) is 7.31. The van der Waals surface area contributed by atoms with Crippen molar-refractivity contribution in [2.75, 3.05) is 23.9 Å². The largest absolute Gasteiger partial charge is 0.493 e. The second-order valence-corrected chi connectivity index (χ2v) is 8.40. The van der Waals surface area contributed by atoms with Crippen LogP contribution in [0.4, 0.5) is 21.9 Å². The zero-order valence-corrected chi connectivity index (χ0v) is 19.7. The molecule has 0 atom stereocenters. The molecule has 36 heavy (non-hydrogen) atoms. The molecule has 11 heteroatoms. The summed E-state index contributed by atoms with van der Waals surface area (Å²) in [4.78, 5) is 49.2. The van der Waals surface area contributed by atoms with Crippen LogP contribution in [0, 0.1) is 10.1 Å². The SMILES string of the molecule is COc1cc(/C=C2/SC(=O)N(c3ccccc3)C2=O)ccc1OCC(=O)Nc1cccc([N+](=O)[O-])c1. The lowest BCUT2D eigenvalue weighted by molar-refractivity contribution is -0.384. The molecule has 4 rings (SSSR count). The Balaban J connectivity index is 1.43. The van der Waals surface area contributed by atoms with E-state index < -0.39 is 16.7 Å². The number of nitro benzene ring substituents is 1. The Morgan fingerprint density at radius 3 is 2.56 bits per heavy atom. The number of rotatable bonds is 8. The number of imide groups is 1. The number of methoxy groups -OCH3 is 1. The fourth-order valence-electron chi connectivity index (χ4n) is 3.35. The molecule has 1 aliphatic rings. The number of hydrogen-bond donors (Lipinski definition) is 1. The van der Waals surface area contributed by atoms with E-state index in [0.717, 1.165) is 16.7 Å². The molecule has 0 aromatic heterocycles. The predicted molar refractivity (Wildman–Crippen MR) is 135 cm³/mol. The fraction of sp³-hybridized carbons (Fsp3) is 0.0800. The van der Waals surface area contributed by atoms with Crippen LogP contribution in [-0.2, 0) is 9.59 Å². The number of nitrogens with one attached hydrogen (secondary N) is 1. The van der Waals surface area contributed by atoms with Gasteiger partial charge in [0.15, 0.2) is 18.1 Å². The number of non-ortho nitro benzene ring substituents is 1. The van der Waals surface area contributed by atoms with E-state index in [4.69, 9.17) is 9.47 Å². The van der Waals surface area contributed by atoms with Crippen molar-refractivity contribution in [3.05, 3.63) is 93.4 Å². The number of thioether (sulfide) groups is 1. The Hall–Kier alpha value is -4.64. The third-order valence-corrected chi connectivity index (χ3v) is 5.86. The molecule has 0 bridgehead atoms. The summed E-state index contributed by atoms with van der Waals surface area (Å²) in [6.07, 6.45) is 1.58. The van der Waals surface area contributed by atoms with Gasteiger partial charge in [0.1, 0.15) is 0 Å². The number of carbonyl (C=O) groups is 3. The van der Waals surface area contributed by atoms with Crippen molar-refractivity contribution < 1.29 is 28.8 Å². The summed E-state index contributed by atoms with van der Waals surface area (Å²) in [5.41, 5.74) is 1.21. The van der Waals surface area contributed by atoms with E-state index in [1.54, 1.807) is 54.6 Å². The maximum absolute atomic E-state index is 12.8. The third-order valence-electron chi connectivity index (χ3n) is 4.99. The number of para-hydroxylation sites is 1. The van der Waals surface area contributed by atoms with Crippen molar-refractivity contribution in [1.82, 2.24) is 0 Å². The highest BCUT2D eigenvalue weighted by Crippen LogP contribution is 2.37. The molecule has 1 saturated heterocycles. The molecular formula is C25H19N3O7S. The molecule has 1 heterocycles. The molecule has 1 N–H and O–H groups in total. The first kappa shape index (κ1) is 24.5. The van der Waals surface area contributed by atoms with Gasteiger partial charge >= 0.3 is 0 Å². The topological polar surface area (TPSA) is 128 Å². The van der Waals surface area contributed by atoms with Gasteiger partial charge in [-0.25, -0.2) is 4.90 Å². The lowest BCUT2D eigenvalue weighted by atomic mass is 10.2. The number of benzene rings is 3. The lowest BCUT2D eigenvalue weighted by Gasteiger charge is -2.12. The first-order valence-electron chi connectivity index (χ1n) is 10.5. The smallest absolute Gasteiger partial charge is 0.298 e. The first-order valence-corrected chi connectivity index (χ1v) is 11.4. The fourth-order valence-corrected chi connectivity index (χ4v) is 4.19. The molecule has 10 nitrogen and oxygen atoms in total. The Bertz CT molecular complexity index is 1380. The van der Waals surface area contributed by atoms with Gasteiger partial charge in [-0.3, -0.25) is 24.5 Å². The van der Waals surface area contributed by atoms with Crippen molar-refractivity contribution in [2.45, 2.75) is 0 Å². The van der Waals surface area contributed by atoms with Crippen molar-refractivity contribution in [1.29, 1.82) is 0 Å². The predicted octanol–water partition coefficient (Wildman–Crippen LogP) is 4.86. The van der Waals surface area contributed by atoms with Crippen molar-refractivity contribution in [2.24, 2.45) is 0 Å². The van der Waals surface area contributed by atoms with Crippen LogP contribution < -0.4 is 19.7 Å². The monoisotopic (exact) mass is 505 g/mol. The van der Waals surface area contributed by atoms with Gasteiger partial charge in [-0.15, -0.1) is 0 Å². The average molecular weight is 506 g/mol. The zero-order chi connectivity index (χ0) is 25.7. The van der Waals surface area contributed by atoms with E-state index in [0.29, 0.717) is 17.0 Å². The van der Waals surface area contributed by atoms with Crippen molar-refractivity contribution >= 4 is 52.0 Å². The van der Waals surface area contributed by atoms with Gasteiger partial charge in [-0.05, 0) is 53.7 Å². The van der Waals surface area contributed by atoms with Crippen LogP contribution in [0.5, 0.6) is 11.5 Å². The van der Waals surface area contributed by atoms with Gasteiger partial charge in [-0.1, -0.05) is 30.3 Å². The molecule has 3 aromatic carbocycles. The summed E-state index contributed by atoms with van der Waals surface area (Å²) >= 11 is 0.838. The first-order chi connectivity index (χ1) is 17.4. The number of amides is 3. The van der Waals surface area contributed by atoms with E-state index in [2.05, 4.69) is 5.32 Å². The number of hydrogen-bond acceptors (Lipinski definition) is 8. The number of anilines is 2. The van der Waals surface area contributed by atoms with Gasteiger partial charge in [0.25, 0.3) is 22.7 Å². The zero-order valence-electron chi connectivity index (χ0n) is 18.9. The van der Waals surface area contributed by atoms with Gasteiger partial charge in [0.05, 0.1) is 22.6 Å². The third kappa shape index (κ3) is 5.53. The van der Waals surface area contributed by atoms with Crippen LogP contribution in [-0.4, -0.2) is 35.7 Å². The molecule has 0 unspecified atom stereocenters. The molecular weight excluding hydrogens is 486 g/mol. The molecule has 1 aliphatic heterocycles. The summed E-state index contributed by atoms with van der Waals surface area (Å²) in [5, 5.41) is 13.0. The molecule has 0 aliphatic carbocycles. The van der Waals surface area contributed by atoms with Crippen molar-refractivity contribution in [3.63, 3.8) is 0 Å². The van der Waals surface area contributed by atoms with Crippen LogP contribution >= 0.6 is 11.8 Å². The minimum atomic E-state index is -0.555. The maximum Gasteiger partial charge on any atom is 0.298 e. The molecule has 3 aromatic rings. The summed E-state index contributed by atoms with van der Waals surface area (Å²) in [6, 6.07) is 19.1. The number of carbonyl (C=O) groups excluding carboxylic acids is 3. The van der Waals surface area contributed by atoms with Gasteiger partial charge in [-0.2, -0.15) is 0 Å². The molecule has 182 valence electrons. The van der Waals surface area contributed by atoms with Crippen LogP contribution in [0.15, 0.2) is 77.7 Å². The standard InChI is InChI=1S/C25H19N3O7S/c1-34-21-12-16(13-22-24(30)27(25(31)36-22)18-7-3-2-4-8-18)10-11-20(21)35-15-23(29)26-17-6-5-9-19(14-17)28(32)33/h2-14H,15H2,1H3,(H,26,29)/b22-13+. The quantitative estimate of drug-likeness (QED) is 0.261. The number of ether oxygens (including phenoxy) is 2. The van der Waals surface area contributed by atoms with E-state index in [-0.39, 0.29) is 33.9 Å². The minimum absolute atomic E-state index is 0.146. The van der Waals surface area contributed by atoms with E-state index in [1.807, 2.05) is 0 Å². The summed E-state index contributed by atoms with van der Waals surface area (Å²) in [6.45, 7) is -0.367. The van der Waals surface area contributed by atoms with Crippen LogP contribution in [0.2, 0.25) is 0 Å². The second kappa shape index (κ2) is 10.7. The van der Waals surface area contributed by atoms with Gasteiger partial charge in [0.2, 0.25) is 0 Å². The van der Waals surface area contributed by atoms with Gasteiger partial charge in [0, 0.05) is 17.8 Å². The van der Waals surface area contributed by atoms with Crippen molar-refractivity contribution in [3.8, 4) is 11.5 Å². The summed E-state index contributed by atoms with van der Waals surface area (Å²) < 4.78 is 10.9.